The summed E-state index contributed by atoms with van der Waals surface area (Å²) in [6, 6.07) is 5.77. The van der Waals surface area contributed by atoms with Crippen molar-refractivity contribution < 1.29 is 4.42 Å². The molecule has 0 unspecified atom stereocenters. The first-order valence-electron chi connectivity index (χ1n) is 7.69. The fourth-order valence-corrected chi connectivity index (χ4v) is 2.91. The Bertz CT molecular complexity index is 745. The summed E-state index contributed by atoms with van der Waals surface area (Å²) in [5.74, 6) is 2.68. The van der Waals surface area contributed by atoms with Crippen molar-refractivity contribution in [2.45, 2.75) is 32.7 Å². The molecule has 2 aromatic heterocycles. The van der Waals surface area contributed by atoms with Crippen LogP contribution in [0.1, 0.15) is 31.2 Å². The number of aromatic nitrogens is 2. The van der Waals surface area contributed by atoms with E-state index in [4.69, 9.17) is 4.42 Å². The van der Waals surface area contributed by atoms with Crippen LogP contribution in [0.5, 0.6) is 0 Å². The average molecular weight is 294 g/mol. The van der Waals surface area contributed by atoms with Gasteiger partial charge in [-0.15, -0.1) is 0 Å². The zero-order chi connectivity index (χ0) is 14.9. The third-order valence-electron chi connectivity index (χ3n) is 4.04. The van der Waals surface area contributed by atoms with E-state index < -0.39 is 0 Å². The van der Waals surface area contributed by atoms with Gasteiger partial charge in [0.15, 0.2) is 0 Å². The Morgan fingerprint density at radius 2 is 2.23 bits per heavy atom. The van der Waals surface area contributed by atoms with E-state index >= 15 is 0 Å². The Balaban J connectivity index is 1.63. The average Bonchev–Trinajstić information content (AvgIpc) is 3.09. The van der Waals surface area contributed by atoms with Crippen molar-refractivity contribution in [1.29, 1.82) is 0 Å². The van der Waals surface area contributed by atoms with Crippen molar-refractivity contribution >= 4 is 5.71 Å². The first-order chi connectivity index (χ1) is 10.8. The van der Waals surface area contributed by atoms with Crippen molar-refractivity contribution in [3.05, 3.63) is 47.7 Å². The largest absolute Gasteiger partial charge is 0.440 e. The van der Waals surface area contributed by atoms with Gasteiger partial charge < -0.3 is 9.32 Å². The van der Waals surface area contributed by atoms with Crippen LogP contribution >= 0.6 is 0 Å². The van der Waals surface area contributed by atoms with E-state index in [0.29, 0.717) is 5.89 Å². The molecule has 0 amide bonds. The Morgan fingerprint density at radius 3 is 3.00 bits per heavy atom. The van der Waals surface area contributed by atoms with Gasteiger partial charge in [-0.25, -0.2) is 9.98 Å². The molecule has 0 fully saturated rings. The Morgan fingerprint density at radius 1 is 1.27 bits per heavy atom. The minimum absolute atomic E-state index is 0.618. The maximum absolute atomic E-state index is 5.95. The first kappa shape index (κ1) is 13.2. The highest BCUT2D eigenvalue weighted by Crippen LogP contribution is 2.27. The minimum atomic E-state index is 0.618. The molecule has 2 aliphatic rings. The maximum Gasteiger partial charge on any atom is 0.245 e. The molecule has 5 heteroatoms. The lowest BCUT2D eigenvalue weighted by Crippen LogP contribution is -2.21. The summed E-state index contributed by atoms with van der Waals surface area (Å²) >= 11 is 0. The van der Waals surface area contributed by atoms with Crippen LogP contribution < -0.4 is 0 Å². The Hall–Kier alpha value is -2.43. The molecule has 0 saturated carbocycles. The lowest BCUT2D eigenvalue weighted by atomic mass is 10.2. The second-order valence-electron chi connectivity index (χ2n) is 5.74. The number of nitrogens with zero attached hydrogens (tertiary/aromatic N) is 4. The predicted molar refractivity (Wildman–Crippen MR) is 84.3 cm³/mol. The molecule has 112 valence electrons. The van der Waals surface area contributed by atoms with Gasteiger partial charge in [-0.05, 0) is 31.6 Å². The Kier molecular flexibility index (Phi) is 3.25. The number of pyridine rings is 1. The molecular weight excluding hydrogens is 276 g/mol. The number of rotatable bonds is 2. The molecule has 2 aromatic rings. The summed E-state index contributed by atoms with van der Waals surface area (Å²) in [5, 5.41) is 0. The van der Waals surface area contributed by atoms with E-state index in [1.807, 2.05) is 18.2 Å². The number of aliphatic imine (C=N–C) groups is 1. The molecule has 4 rings (SSSR count). The van der Waals surface area contributed by atoms with E-state index in [9.17, 15) is 0 Å². The number of fused-ring (bicyclic) bond motifs is 1. The van der Waals surface area contributed by atoms with Crippen molar-refractivity contribution in [2.24, 2.45) is 4.99 Å². The molecule has 5 nitrogen and oxygen atoms in total. The molecular formula is C17H18N4O. The molecule has 0 bridgehead atoms. The summed E-state index contributed by atoms with van der Waals surface area (Å²) in [4.78, 5) is 15.9. The normalized spacial score (nSPS) is 17.8. The van der Waals surface area contributed by atoms with E-state index in [2.05, 4.69) is 32.9 Å². The molecule has 2 aliphatic heterocycles. The van der Waals surface area contributed by atoms with Crippen molar-refractivity contribution in [3.8, 4) is 11.6 Å². The lowest BCUT2D eigenvalue weighted by Gasteiger charge is -2.20. The summed E-state index contributed by atoms with van der Waals surface area (Å²) in [5.41, 5.74) is 2.98. The van der Waals surface area contributed by atoms with Gasteiger partial charge in [0, 0.05) is 31.3 Å². The summed E-state index contributed by atoms with van der Waals surface area (Å²) < 4.78 is 5.95. The van der Waals surface area contributed by atoms with Crippen molar-refractivity contribution in [3.63, 3.8) is 0 Å². The third kappa shape index (κ3) is 2.43. The molecule has 0 aromatic carbocycles. The molecule has 0 N–H and O–H groups in total. The zero-order valence-corrected chi connectivity index (χ0v) is 12.6. The van der Waals surface area contributed by atoms with Crippen LogP contribution in [0.25, 0.3) is 11.6 Å². The van der Waals surface area contributed by atoms with Gasteiger partial charge in [0.25, 0.3) is 0 Å². The third-order valence-corrected chi connectivity index (χ3v) is 4.04. The summed E-state index contributed by atoms with van der Waals surface area (Å²) in [6.45, 7) is 3.82. The smallest absolute Gasteiger partial charge is 0.245 e. The van der Waals surface area contributed by atoms with Gasteiger partial charge in [-0.2, -0.15) is 0 Å². The predicted octanol–water partition coefficient (Wildman–Crippen LogP) is 3.19. The fourth-order valence-electron chi connectivity index (χ4n) is 2.91. The van der Waals surface area contributed by atoms with Crippen LogP contribution in [0.2, 0.25) is 0 Å². The number of oxazole rings is 1. The number of hydrogen-bond acceptors (Lipinski definition) is 5. The van der Waals surface area contributed by atoms with Crippen LogP contribution in [-0.4, -0.2) is 27.1 Å². The lowest BCUT2D eigenvalue weighted by molar-refractivity contribution is 0.336. The number of allylic oxidation sites excluding steroid dienone is 1. The maximum atomic E-state index is 5.95. The summed E-state index contributed by atoms with van der Waals surface area (Å²) in [6.07, 6.45) is 6.88. The van der Waals surface area contributed by atoms with Crippen molar-refractivity contribution in [1.82, 2.24) is 14.9 Å². The highest BCUT2D eigenvalue weighted by Gasteiger charge is 2.23. The molecule has 22 heavy (non-hydrogen) atoms. The topological polar surface area (TPSA) is 54.5 Å². The van der Waals surface area contributed by atoms with Gasteiger partial charge in [-0.1, -0.05) is 6.07 Å². The first-order valence-corrected chi connectivity index (χ1v) is 7.69. The van der Waals surface area contributed by atoms with Crippen LogP contribution in [0.3, 0.4) is 0 Å². The monoisotopic (exact) mass is 294 g/mol. The molecule has 0 spiro atoms. The molecule has 0 saturated heterocycles. The van der Waals surface area contributed by atoms with E-state index in [1.165, 1.54) is 5.71 Å². The van der Waals surface area contributed by atoms with E-state index in [1.54, 1.807) is 6.20 Å². The van der Waals surface area contributed by atoms with Gasteiger partial charge in [0.05, 0.1) is 6.54 Å². The second-order valence-corrected chi connectivity index (χ2v) is 5.74. The highest BCUT2D eigenvalue weighted by atomic mass is 16.4. The number of aryl methyl sites for hydroxylation is 1. The van der Waals surface area contributed by atoms with Crippen LogP contribution in [0.15, 0.2) is 45.7 Å². The van der Waals surface area contributed by atoms with Crippen molar-refractivity contribution in [2.75, 3.05) is 6.54 Å². The molecule has 0 aliphatic carbocycles. The highest BCUT2D eigenvalue weighted by molar-refractivity contribution is 5.86. The zero-order valence-electron chi connectivity index (χ0n) is 12.6. The minimum Gasteiger partial charge on any atom is -0.440 e. The molecule has 4 heterocycles. The van der Waals surface area contributed by atoms with Crippen LogP contribution in [-0.2, 0) is 13.0 Å². The SMILES string of the molecule is CC1=NC(N2CCCc3oc(-c4ccccn4)nc3C2)=CC1. The van der Waals surface area contributed by atoms with E-state index in [0.717, 1.165) is 55.3 Å². The van der Waals surface area contributed by atoms with Gasteiger partial charge in [0.1, 0.15) is 23.0 Å². The summed E-state index contributed by atoms with van der Waals surface area (Å²) in [7, 11) is 0. The Labute approximate surface area is 129 Å². The van der Waals surface area contributed by atoms with Gasteiger partial charge >= 0.3 is 0 Å². The second kappa shape index (κ2) is 5.40. The van der Waals surface area contributed by atoms with Crippen LogP contribution in [0.4, 0.5) is 0 Å². The standard InChI is InChI=1S/C17H18N4O/c1-12-7-8-16(19-12)21-10-4-6-15-14(11-21)20-17(22-15)13-5-2-3-9-18-13/h2-3,5,8-9H,4,6-7,10-11H2,1H3. The quantitative estimate of drug-likeness (QED) is 0.853. The number of hydrogen-bond donors (Lipinski definition) is 0. The molecule has 0 atom stereocenters. The van der Waals surface area contributed by atoms with Crippen LogP contribution in [0, 0.1) is 0 Å². The fraction of sp³-hybridized carbons (Fsp3) is 0.353. The van der Waals surface area contributed by atoms with E-state index in [-0.39, 0.29) is 0 Å². The van der Waals surface area contributed by atoms with Gasteiger partial charge in [-0.3, -0.25) is 4.98 Å². The van der Waals surface area contributed by atoms with Gasteiger partial charge in [0.2, 0.25) is 5.89 Å². The molecule has 0 radical (unpaired) electrons.